The lowest BCUT2D eigenvalue weighted by molar-refractivity contribution is -0.134. The molecule has 0 atom stereocenters. The lowest BCUT2D eigenvalue weighted by atomic mass is 10.2. The Labute approximate surface area is 223 Å². The lowest BCUT2D eigenvalue weighted by Crippen LogP contribution is -2.53. The highest BCUT2D eigenvalue weighted by atomic mass is 32.2. The summed E-state index contributed by atoms with van der Waals surface area (Å²) in [6, 6.07) is 10.5. The van der Waals surface area contributed by atoms with Gasteiger partial charge in [-0.25, -0.2) is 9.97 Å². The Balaban J connectivity index is 1.17. The van der Waals surface area contributed by atoms with Gasteiger partial charge in [-0.15, -0.1) is 0 Å². The Kier molecular flexibility index (Phi) is 8.65. The number of nitrogens with zero attached hydrogens (tertiary/aromatic N) is 7. The van der Waals surface area contributed by atoms with Crippen LogP contribution in [0.5, 0.6) is 0 Å². The number of aromatic nitrogens is 2. The minimum Gasteiger partial charge on any atom is -0.378 e. The van der Waals surface area contributed by atoms with Gasteiger partial charge in [0.05, 0.1) is 19.8 Å². The van der Waals surface area contributed by atoms with E-state index in [1.807, 2.05) is 17.2 Å². The van der Waals surface area contributed by atoms with Crippen LogP contribution in [-0.2, 0) is 9.53 Å². The molecule has 0 unspecified atom stereocenters. The van der Waals surface area contributed by atoms with Crippen molar-refractivity contribution in [2.45, 2.75) is 5.16 Å². The highest BCUT2D eigenvalue weighted by Gasteiger charge is 2.25. The number of hydrogen-bond acceptors (Lipinski definition) is 10. The summed E-state index contributed by atoms with van der Waals surface area (Å²) < 4.78 is 5.46. The zero-order valence-corrected chi connectivity index (χ0v) is 22.8. The van der Waals surface area contributed by atoms with Gasteiger partial charge in [0.15, 0.2) is 5.16 Å². The minimum absolute atomic E-state index is 0.249. The van der Waals surface area contributed by atoms with Crippen LogP contribution in [-0.4, -0.2) is 129 Å². The van der Waals surface area contributed by atoms with Gasteiger partial charge in [0.1, 0.15) is 11.6 Å². The molecule has 0 aliphatic carbocycles. The molecular weight excluding hydrogens is 488 g/mol. The lowest BCUT2D eigenvalue weighted by Gasteiger charge is -2.37. The molecule has 0 spiro atoms. The van der Waals surface area contributed by atoms with E-state index in [0.29, 0.717) is 6.54 Å². The second kappa shape index (κ2) is 12.3. The Bertz CT molecular complexity index is 1030. The highest BCUT2D eigenvalue weighted by Crippen LogP contribution is 2.26. The van der Waals surface area contributed by atoms with Crippen molar-refractivity contribution in [2.24, 2.45) is 0 Å². The van der Waals surface area contributed by atoms with E-state index in [1.54, 1.807) is 11.8 Å². The summed E-state index contributed by atoms with van der Waals surface area (Å²) in [5.74, 6) is 1.97. The molecule has 11 heteroatoms. The third-order valence-electron chi connectivity index (χ3n) is 7.30. The zero-order chi connectivity index (χ0) is 25.6. The molecule has 1 amide bonds. The fourth-order valence-electron chi connectivity index (χ4n) is 4.94. The SMILES string of the molecule is CSc1nc(Nc2ccc(N3CCOCC3)cc2)cc(N2CCN(CC(=O)N3CCN(C)CC3)CC2)n1. The predicted molar refractivity (Wildman–Crippen MR) is 149 cm³/mol. The largest absolute Gasteiger partial charge is 0.378 e. The van der Waals surface area contributed by atoms with Gasteiger partial charge >= 0.3 is 0 Å². The zero-order valence-electron chi connectivity index (χ0n) is 21.9. The molecule has 3 fully saturated rings. The summed E-state index contributed by atoms with van der Waals surface area (Å²) in [6.45, 7) is 10.9. The second-order valence-corrected chi connectivity index (χ2v) is 10.6. The van der Waals surface area contributed by atoms with Crippen molar-refractivity contribution in [1.29, 1.82) is 0 Å². The number of carbonyl (C=O) groups is 1. The summed E-state index contributed by atoms with van der Waals surface area (Å²) in [7, 11) is 2.11. The van der Waals surface area contributed by atoms with Gasteiger partial charge in [-0.2, -0.15) is 0 Å². The minimum atomic E-state index is 0.249. The van der Waals surface area contributed by atoms with Gasteiger partial charge in [0.25, 0.3) is 0 Å². The van der Waals surface area contributed by atoms with Gasteiger partial charge in [-0.05, 0) is 37.6 Å². The molecule has 0 bridgehead atoms. The number of piperazine rings is 2. The van der Waals surface area contributed by atoms with E-state index in [1.165, 1.54) is 5.69 Å². The Morgan fingerprint density at radius 3 is 2.30 bits per heavy atom. The van der Waals surface area contributed by atoms with Crippen LogP contribution < -0.4 is 15.1 Å². The van der Waals surface area contributed by atoms with Gasteiger partial charge in [-0.3, -0.25) is 9.69 Å². The third-order valence-corrected chi connectivity index (χ3v) is 7.85. The summed E-state index contributed by atoms with van der Waals surface area (Å²) in [5.41, 5.74) is 2.21. The number of likely N-dealkylation sites (N-methyl/N-ethyl adjacent to an activating group) is 1. The standard InChI is InChI=1S/C26H38N8O2S/c1-30-7-11-34(12-8-30)25(35)20-31-9-13-33(14-10-31)24-19-23(28-26(29-24)37-2)27-21-3-5-22(6-4-21)32-15-17-36-18-16-32/h3-6,19H,7-18,20H2,1-2H3,(H,27,28,29). The van der Waals surface area contributed by atoms with Crippen LogP contribution in [0.1, 0.15) is 0 Å². The van der Waals surface area contributed by atoms with Gasteiger partial charge < -0.3 is 29.7 Å². The van der Waals surface area contributed by atoms with Gasteiger partial charge in [0, 0.05) is 82.9 Å². The first-order valence-corrected chi connectivity index (χ1v) is 14.4. The molecule has 1 aromatic heterocycles. The van der Waals surface area contributed by atoms with Crippen LogP contribution in [0.25, 0.3) is 0 Å². The average molecular weight is 527 g/mol. The molecule has 1 aromatic carbocycles. The number of benzene rings is 1. The van der Waals surface area contributed by atoms with E-state index >= 15 is 0 Å². The number of hydrogen-bond donors (Lipinski definition) is 1. The quantitative estimate of drug-likeness (QED) is 0.425. The van der Waals surface area contributed by atoms with Gasteiger partial charge in [0.2, 0.25) is 5.91 Å². The first kappa shape index (κ1) is 26.0. The number of nitrogens with one attached hydrogen (secondary N) is 1. The fourth-order valence-corrected chi connectivity index (χ4v) is 5.31. The van der Waals surface area contributed by atoms with Crippen LogP contribution >= 0.6 is 11.8 Å². The van der Waals surface area contributed by atoms with E-state index in [-0.39, 0.29) is 5.91 Å². The molecule has 1 N–H and O–H groups in total. The maximum Gasteiger partial charge on any atom is 0.236 e. The molecular formula is C26H38N8O2S. The normalized spacial score (nSPS) is 19.8. The Morgan fingerprint density at radius 2 is 1.62 bits per heavy atom. The number of carbonyl (C=O) groups excluding carboxylic acids is 1. The number of morpholine rings is 1. The number of rotatable bonds is 7. The molecule has 37 heavy (non-hydrogen) atoms. The molecule has 3 aliphatic rings. The first-order chi connectivity index (χ1) is 18.1. The number of anilines is 4. The molecule has 0 saturated carbocycles. The molecule has 3 saturated heterocycles. The van der Waals surface area contributed by atoms with Crippen molar-refractivity contribution >= 4 is 40.7 Å². The monoisotopic (exact) mass is 526 g/mol. The number of amides is 1. The van der Waals surface area contributed by atoms with Gasteiger partial charge in [-0.1, -0.05) is 11.8 Å². The molecule has 2 aromatic rings. The van der Waals surface area contributed by atoms with Crippen LogP contribution in [0, 0.1) is 0 Å². The van der Waals surface area contributed by atoms with E-state index in [2.05, 4.69) is 61.2 Å². The second-order valence-electron chi connectivity index (χ2n) is 9.82. The molecule has 5 rings (SSSR count). The van der Waals surface area contributed by atoms with Crippen molar-refractivity contribution in [3.8, 4) is 0 Å². The third kappa shape index (κ3) is 6.84. The van der Waals surface area contributed by atoms with Crippen molar-refractivity contribution in [3.63, 3.8) is 0 Å². The topological polar surface area (TPSA) is 80.3 Å². The van der Waals surface area contributed by atoms with E-state index in [0.717, 1.165) is 101 Å². The summed E-state index contributed by atoms with van der Waals surface area (Å²) >= 11 is 1.55. The predicted octanol–water partition coefficient (Wildman–Crippen LogP) is 1.67. The maximum absolute atomic E-state index is 12.7. The average Bonchev–Trinajstić information content (AvgIpc) is 2.94. The molecule has 200 valence electrons. The molecule has 10 nitrogen and oxygen atoms in total. The van der Waals surface area contributed by atoms with Crippen LogP contribution in [0.4, 0.5) is 23.0 Å². The maximum atomic E-state index is 12.7. The van der Waals surface area contributed by atoms with Crippen molar-refractivity contribution in [2.75, 3.05) is 114 Å². The summed E-state index contributed by atoms with van der Waals surface area (Å²) in [6.07, 6.45) is 2.00. The van der Waals surface area contributed by atoms with E-state index in [9.17, 15) is 4.79 Å². The van der Waals surface area contributed by atoms with Crippen LogP contribution in [0.2, 0.25) is 0 Å². The molecule has 3 aliphatic heterocycles. The highest BCUT2D eigenvalue weighted by molar-refractivity contribution is 7.98. The molecule has 4 heterocycles. The summed E-state index contributed by atoms with van der Waals surface area (Å²) in [4.78, 5) is 33.4. The Morgan fingerprint density at radius 1 is 0.919 bits per heavy atom. The number of ether oxygens (including phenoxy) is 1. The van der Waals surface area contributed by atoms with Crippen LogP contribution in [0.3, 0.4) is 0 Å². The van der Waals surface area contributed by atoms with Crippen molar-refractivity contribution < 1.29 is 9.53 Å². The van der Waals surface area contributed by atoms with E-state index in [4.69, 9.17) is 9.72 Å². The Hall–Kier alpha value is -2.60. The first-order valence-electron chi connectivity index (χ1n) is 13.1. The van der Waals surface area contributed by atoms with Crippen molar-refractivity contribution in [3.05, 3.63) is 30.3 Å². The summed E-state index contributed by atoms with van der Waals surface area (Å²) in [5, 5.41) is 4.21. The molecule has 0 radical (unpaired) electrons. The number of thioether (sulfide) groups is 1. The van der Waals surface area contributed by atoms with E-state index < -0.39 is 0 Å². The van der Waals surface area contributed by atoms with Crippen molar-refractivity contribution in [1.82, 2.24) is 24.7 Å². The van der Waals surface area contributed by atoms with Crippen LogP contribution in [0.15, 0.2) is 35.5 Å². The fraction of sp³-hybridized carbons (Fsp3) is 0.577. The smallest absolute Gasteiger partial charge is 0.236 e.